The fourth-order valence-electron chi connectivity index (χ4n) is 3.27. The van der Waals surface area contributed by atoms with Crippen molar-refractivity contribution in [2.75, 3.05) is 39.4 Å². The van der Waals surface area contributed by atoms with Gasteiger partial charge in [-0.05, 0) is 38.4 Å². The van der Waals surface area contributed by atoms with Crippen LogP contribution in [0.5, 0.6) is 5.75 Å². The van der Waals surface area contributed by atoms with E-state index in [-0.39, 0.29) is 0 Å². The number of β-amino-alcohol motifs (C(OH)–C–C–N with tert-alkyl or cyclic N) is 1. The van der Waals surface area contributed by atoms with Gasteiger partial charge in [0.1, 0.15) is 18.5 Å². The SMILES string of the molecule is OC(COc1ccccc1CN1CCCO1)CN1CCCCC1. The normalized spacial score (nSPS) is 21.4. The topological polar surface area (TPSA) is 45.2 Å². The zero-order chi connectivity index (χ0) is 15.9. The molecule has 1 unspecified atom stereocenters. The van der Waals surface area contributed by atoms with Crippen LogP contribution in [-0.4, -0.2) is 60.6 Å². The van der Waals surface area contributed by atoms with Gasteiger partial charge in [0.2, 0.25) is 0 Å². The van der Waals surface area contributed by atoms with Crippen molar-refractivity contribution in [3.8, 4) is 5.75 Å². The molecule has 0 saturated carbocycles. The summed E-state index contributed by atoms with van der Waals surface area (Å²) in [4.78, 5) is 7.89. The molecule has 0 aromatic heterocycles. The molecule has 1 aromatic rings. The van der Waals surface area contributed by atoms with Gasteiger partial charge in [0.15, 0.2) is 0 Å². The van der Waals surface area contributed by atoms with E-state index in [4.69, 9.17) is 9.57 Å². The fraction of sp³-hybridized carbons (Fsp3) is 0.667. The molecule has 2 fully saturated rings. The maximum absolute atomic E-state index is 10.2. The zero-order valence-electron chi connectivity index (χ0n) is 13.8. The van der Waals surface area contributed by atoms with E-state index in [0.717, 1.165) is 50.5 Å². The minimum absolute atomic E-state index is 0.342. The highest BCUT2D eigenvalue weighted by atomic mass is 16.7. The van der Waals surface area contributed by atoms with E-state index in [1.54, 1.807) is 0 Å². The molecule has 1 atom stereocenters. The Balaban J connectivity index is 1.48. The number of hydrogen-bond acceptors (Lipinski definition) is 5. The Bertz CT molecular complexity index is 471. The van der Waals surface area contributed by atoms with Gasteiger partial charge in [0.05, 0.1) is 13.2 Å². The molecule has 23 heavy (non-hydrogen) atoms. The first-order valence-electron chi connectivity index (χ1n) is 8.80. The van der Waals surface area contributed by atoms with E-state index in [0.29, 0.717) is 13.2 Å². The molecule has 0 aliphatic carbocycles. The first-order valence-corrected chi connectivity index (χ1v) is 8.80. The van der Waals surface area contributed by atoms with Crippen molar-refractivity contribution in [3.05, 3.63) is 29.8 Å². The van der Waals surface area contributed by atoms with Gasteiger partial charge >= 0.3 is 0 Å². The lowest BCUT2D eigenvalue weighted by molar-refractivity contribution is -0.117. The molecular weight excluding hydrogens is 292 g/mol. The van der Waals surface area contributed by atoms with Crippen molar-refractivity contribution >= 4 is 0 Å². The quantitative estimate of drug-likeness (QED) is 0.833. The predicted octanol–water partition coefficient (Wildman–Crippen LogP) is 2.05. The third-order valence-corrected chi connectivity index (χ3v) is 4.49. The number of para-hydroxylation sites is 1. The molecule has 0 bridgehead atoms. The summed E-state index contributed by atoms with van der Waals surface area (Å²) in [6.07, 6.45) is 4.44. The number of hydrogen-bond donors (Lipinski definition) is 1. The Kier molecular flexibility index (Phi) is 6.28. The molecule has 1 N–H and O–H groups in total. The third-order valence-electron chi connectivity index (χ3n) is 4.49. The minimum atomic E-state index is -0.441. The maximum Gasteiger partial charge on any atom is 0.124 e. The van der Waals surface area contributed by atoms with Crippen LogP contribution in [0.15, 0.2) is 24.3 Å². The molecular formula is C18H28N2O3. The van der Waals surface area contributed by atoms with Crippen LogP contribution in [0.25, 0.3) is 0 Å². The number of aliphatic hydroxyl groups excluding tert-OH is 1. The second-order valence-corrected chi connectivity index (χ2v) is 6.48. The molecule has 0 amide bonds. The molecule has 0 radical (unpaired) electrons. The van der Waals surface area contributed by atoms with E-state index in [9.17, 15) is 5.11 Å². The van der Waals surface area contributed by atoms with Gasteiger partial charge in [-0.3, -0.25) is 4.84 Å². The first-order chi connectivity index (χ1) is 11.3. The highest BCUT2D eigenvalue weighted by Gasteiger charge is 2.17. The van der Waals surface area contributed by atoms with Gasteiger partial charge in [0.25, 0.3) is 0 Å². The van der Waals surface area contributed by atoms with Gasteiger partial charge in [-0.15, -0.1) is 0 Å². The molecule has 2 aliphatic heterocycles. The van der Waals surface area contributed by atoms with Crippen molar-refractivity contribution in [2.24, 2.45) is 0 Å². The van der Waals surface area contributed by atoms with Crippen LogP contribution in [-0.2, 0) is 11.4 Å². The van der Waals surface area contributed by atoms with Crippen LogP contribution in [0.3, 0.4) is 0 Å². The second kappa shape index (κ2) is 8.64. The summed E-state index contributed by atoms with van der Waals surface area (Å²) in [6, 6.07) is 8.02. The van der Waals surface area contributed by atoms with E-state index in [1.807, 2.05) is 23.3 Å². The third kappa shape index (κ3) is 5.18. The predicted molar refractivity (Wildman–Crippen MR) is 89.2 cm³/mol. The zero-order valence-corrected chi connectivity index (χ0v) is 13.8. The molecule has 5 heteroatoms. The first kappa shape index (κ1) is 16.7. The maximum atomic E-state index is 10.2. The largest absolute Gasteiger partial charge is 0.491 e. The van der Waals surface area contributed by atoms with Crippen LogP contribution in [0.2, 0.25) is 0 Å². The molecule has 128 valence electrons. The fourth-order valence-corrected chi connectivity index (χ4v) is 3.27. The number of rotatable bonds is 7. The molecule has 3 rings (SSSR count). The average Bonchev–Trinajstić information content (AvgIpc) is 3.08. The van der Waals surface area contributed by atoms with Crippen LogP contribution in [0.1, 0.15) is 31.2 Å². The van der Waals surface area contributed by atoms with Crippen LogP contribution >= 0.6 is 0 Å². The van der Waals surface area contributed by atoms with Crippen molar-refractivity contribution in [1.82, 2.24) is 9.96 Å². The minimum Gasteiger partial charge on any atom is -0.491 e. The summed E-state index contributed by atoms with van der Waals surface area (Å²) in [5.41, 5.74) is 1.11. The average molecular weight is 320 g/mol. The summed E-state index contributed by atoms with van der Waals surface area (Å²) in [6.45, 7) is 5.74. The van der Waals surface area contributed by atoms with Crippen LogP contribution in [0.4, 0.5) is 0 Å². The summed E-state index contributed by atoms with van der Waals surface area (Å²) in [7, 11) is 0. The Morgan fingerprint density at radius 3 is 2.70 bits per heavy atom. The molecule has 2 heterocycles. The molecule has 0 spiro atoms. The second-order valence-electron chi connectivity index (χ2n) is 6.48. The number of piperidine rings is 1. The summed E-state index contributed by atoms with van der Waals surface area (Å²) in [5, 5.41) is 12.2. The smallest absolute Gasteiger partial charge is 0.124 e. The van der Waals surface area contributed by atoms with E-state index < -0.39 is 6.10 Å². The Morgan fingerprint density at radius 1 is 1.09 bits per heavy atom. The lowest BCUT2D eigenvalue weighted by atomic mass is 10.1. The summed E-state index contributed by atoms with van der Waals surface area (Å²) < 4.78 is 5.89. The van der Waals surface area contributed by atoms with Gasteiger partial charge < -0.3 is 14.7 Å². The van der Waals surface area contributed by atoms with Gasteiger partial charge in [-0.25, -0.2) is 0 Å². The lowest BCUT2D eigenvalue weighted by Gasteiger charge is -2.28. The van der Waals surface area contributed by atoms with Crippen molar-refractivity contribution in [2.45, 2.75) is 38.3 Å². The lowest BCUT2D eigenvalue weighted by Crippen LogP contribution is -2.38. The number of aliphatic hydroxyl groups is 1. The Morgan fingerprint density at radius 2 is 1.91 bits per heavy atom. The van der Waals surface area contributed by atoms with Crippen LogP contribution < -0.4 is 4.74 Å². The molecule has 2 aliphatic rings. The summed E-state index contributed by atoms with van der Waals surface area (Å²) >= 11 is 0. The standard InChI is InChI=1S/C18H28N2O3/c21-17(14-19-9-4-1-5-10-19)15-22-18-8-3-2-7-16(18)13-20-11-6-12-23-20/h2-3,7-8,17,21H,1,4-6,9-15H2. The number of likely N-dealkylation sites (tertiary alicyclic amines) is 1. The highest BCUT2D eigenvalue weighted by molar-refractivity contribution is 5.33. The monoisotopic (exact) mass is 320 g/mol. The number of benzene rings is 1. The number of ether oxygens (including phenoxy) is 1. The van der Waals surface area contributed by atoms with Gasteiger partial charge in [-0.2, -0.15) is 5.06 Å². The van der Waals surface area contributed by atoms with Crippen molar-refractivity contribution < 1.29 is 14.7 Å². The van der Waals surface area contributed by atoms with Gasteiger partial charge in [0, 0.05) is 18.7 Å². The number of nitrogens with zero attached hydrogens (tertiary/aromatic N) is 2. The van der Waals surface area contributed by atoms with Crippen molar-refractivity contribution in [1.29, 1.82) is 0 Å². The van der Waals surface area contributed by atoms with E-state index in [2.05, 4.69) is 11.0 Å². The Hall–Kier alpha value is -1.14. The molecule has 5 nitrogen and oxygen atoms in total. The summed E-state index contributed by atoms with van der Waals surface area (Å²) in [5.74, 6) is 0.848. The Labute approximate surface area is 138 Å². The van der Waals surface area contributed by atoms with Gasteiger partial charge in [-0.1, -0.05) is 24.6 Å². The highest BCUT2D eigenvalue weighted by Crippen LogP contribution is 2.22. The van der Waals surface area contributed by atoms with E-state index in [1.165, 1.54) is 19.3 Å². The van der Waals surface area contributed by atoms with Crippen LogP contribution in [0, 0.1) is 0 Å². The van der Waals surface area contributed by atoms with Crippen molar-refractivity contribution in [3.63, 3.8) is 0 Å². The molecule has 2 saturated heterocycles. The molecule has 1 aromatic carbocycles. The van der Waals surface area contributed by atoms with E-state index >= 15 is 0 Å². The number of hydroxylamine groups is 2.